The molecule has 2 heterocycles. The van der Waals surface area contributed by atoms with Crippen LogP contribution in [0.2, 0.25) is 0 Å². The lowest BCUT2D eigenvalue weighted by molar-refractivity contribution is -0.384. The Morgan fingerprint density at radius 3 is 2.74 bits per heavy atom. The van der Waals surface area contributed by atoms with Gasteiger partial charge in [0.15, 0.2) is 5.69 Å². The van der Waals surface area contributed by atoms with E-state index in [9.17, 15) is 10.1 Å². The van der Waals surface area contributed by atoms with Gasteiger partial charge in [0.25, 0.3) is 5.69 Å². The first-order valence-corrected chi connectivity index (χ1v) is 6.89. The minimum absolute atomic E-state index is 0.0453. The van der Waals surface area contributed by atoms with Gasteiger partial charge in [0, 0.05) is 17.5 Å². The van der Waals surface area contributed by atoms with Crippen molar-refractivity contribution in [2.45, 2.75) is 20.3 Å². The predicted octanol–water partition coefficient (Wildman–Crippen LogP) is 3.85. The normalized spacial score (nSPS) is 10.4. The third-order valence-corrected chi connectivity index (χ3v) is 3.61. The molecule has 0 aromatic carbocycles. The number of nitro groups is 1. The highest BCUT2D eigenvalue weighted by atomic mass is 32.1. The highest BCUT2D eigenvalue weighted by Crippen LogP contribution is 2.33. The van der Waals surface area contributed by atoms with E-state index < -0.39 is 0 Å². The molecule has 0 atom stereocenters. The van der Waals surface area contributed by atoms with E-state index in [1.165, 1.54) is 17.4 Å². The SMILES string of the molecule is CCCNc1ccc([N+](=O)[O-])c(-c2ccc(C)s2)n1. The Balaban J connectivity index is 2.44. The lowest BCUT2D eigenvalue weighted by Crippen LogP contribution is -2.03. The van der Waals surface area contributed by atoms with Gasteiger partial charge in [0.05, 0.1) is 9.80 Å². The van der Waals surface area contributed by atoms with Gasteiger partial charge in [-0.05, 0) is 31.5 Å². The molecule has 2 aromatic rings. The molecule has 0 aliphatic carbocycles. The third kappa shape index (κ3) is 3.08. The second-order valence-electron chi connectivity index (χ2n) is 4.16. The van der Waals surface area contributed by atoms with Crippen molar-refractivity contribution in [3.05, 3.63) is 39.3 Å². The lowest BCUT2D eigenvalue weighted by Gasteiger charge is -2.06. The summed E-state index contributed by atoms with van der Waals surface area (Å²) >= 11 is 1.51. The molecule has 0 amide bonds. The standard InChI is InChI=1S/C13H15N3O2S/c1-3-8-14-12-7-5-10(16(17)18)13(15-12)11-6-4-9(2)19-11/h4-7H,3,8H2,1-2H3,(H,14,15). The summed E-state index contributed by atoms with van der Waals surface area (Å²) in [5.74, 6) is 0.675. The Hall–Kier alpha value is -1.95. The molecular formula is C13H15N3O2S. The molecule has 0 bridgehead atoms. The Labute approximate surface area is 115 Å². The molecule has 1 N–H and O–H groups in total. The molecule has 100 valence electrons. The van der Waals surface area contributed by atoms with Crippen LogP contribution in [0.4, 0.5) is 11.5 Å². The van der Waals surface area contributed by atoms with Crippen molar-refractivity contribution in [3.8, 4) is 10.6 Å². The van der Waals surface area contributed by atoms with Gasteiger partial charge in [-0.25, -0.2) is 4.98 Å². The zero-order valence-electron chi connectivity index (χ0n) is 10.8. The molecule has 0 radical (unpaired) electrons. The Kier molecular flexibility index (Phi) is 4.11. The summed E-state index contributed by atoms with van der Waals surface area (Å²) in [5, 5.41) is 14.2. The summed E-state index contributed by atoms with van der Waals surface area (Å²) in [6.45, 7) is 4.83. The van der Waals surface area contributed by atoms with E-state index in [1.807, 2.05) is 19.1 Å². The summed E-state index contributed by atoms with van der Waals surface area (Å²) in [7, 11) is 0. The van der Waals surface area contributed by atoms with Crippen molar-refractivity contribution in [1.82, 2.24) is 4.98 Å². The first kappa shape index (κ1) is 13.5. The van der Waals surface area contributed by atoms with Crippen LogP contribution in [0.3, 0.4) is 0 Å². The summed E-state index contributed by atoms with van der Waals surface area (Å²) in [5.41, 5.74) is 0.480. The van der Waals surface area contributed by atoms with E-state index >= 15 is 0 Å². The van der Waals surface area contributed by atoms with Crippen molar-refractivity contribution in [1.29, 1.82) is 0 Å². The molecule has 0 unspecified atom stereocenters. The zero-order valence-corrected chi connectivity index (χ0v) is 11.7. The van der Waals surface area contributed by atoms with Gasteiger partial charge in [-0.1, -0.05) is 6.92 Å². The van der Waals surface area contributed by atoms with E-state index in [4.69, 9.17) is 0 Å². The highest BCUT2D eigenvalue weighted by Gasteiger charge is 2.18. The number of hydrogen-bond donors (Lipinski definition) is 1. The Morgan fingerprint density at radius 1 is 1.37 bits per heavy atom. The molecule has 6 heteroatoms. The van der Waals surface area contributed by atoms with Crippen molar-refractivity contribution in [2.24, 2.45) is 0 Å². The van der Waals surface area contributed by atoms with Gasteiger partial charge in [-0.15, -0.1) is 11.3 Å². The Bertz CT molecular complexity index is 595. The number of anilines is 1. The second-order valence-corrected chi connectivity index (χ2v) is 5.45. The fourth-order valence-corrected chi connectivity index (χ4v) is 2.56. The van der Waals surface area contributed by atoms with E-state index in [0.29, 0.717) is 11.5 Å². The molecule has 2 aromatic heterocycles. The first-order valence-electron chi connectivity index (χ1n) is 6.08. The van der Waals surface area contributed by atoms with Crippen molar-refractivity contribution >= 4 is 22.8 Å². The van der Waals surface area contributed by atoms with Gasteiger partial charge in [-0.3, -0.25) is 10.1 Å². The molecule has 0 aliphatic rings. The fourth-order valence-electron chi connectivity index (χ4n) is 1.69. The Morgan fingerprint density at radius 2 is 2.16 bits per heavy atom. The summed E-state index contributed by atoms with van der Waals surface area (Å²) in [6.07, 6.45) is 0.978. The van der Waals surface area contributed by atoms with Crippen LogP contribution in [0.25, 0.3) is 10.6 Å². The molecular weight excluding hydrogens is 262 g/mol. The second kappa shape index (κ2) is 5.79. The first-order chi connectivity index (χ1) is 9.11. The summed E-state index contributed by atoms with van der Waals surface area (Å²) < 4.78 is 0. The van der Waals surface area contributed by atoms with Gasteiger partial charge in [0.1, 0.15) is 5.82 Å². The molecule has 0 aliphatic heterocycles. The van der Waals surface area contributed by atoms with Crippen LogP contribution in [0, 0.1) is 17.0 Å². The van der Waals surface area contributed by atoms with Crippen LogP contribution in [-0.4, -0.2) is 16.5 Å². The van der Waals surface area contributed by atoms with Gasteiger partial charge in [-0.2, -0.15) is 0 Å². The summed E-state index contributed by atoms with van der Waals surface area (Å²) in [4.78, 5) is 17.0. The average Bonchev–Trinajstić information content (AvgIpc) is 2.82. The molecule has 0 saturated carbocycles. The smallest absolute Gasteiger partial charge is 0.296 e. The maximum Gasteiger partial charge on any atom is 0.296 e. The molecule has 5 nitrogen and oxygen atoms in total. The molecule has 0 fully saturated rings. The predicted molar refractivity (Wildman–Crippen MR) is 77.7 cm³/mol. The van der Waals surface area contributed by atoms with Crippen LogP contribution in [0.5, 0.6) is 0 Å². The number of aromatic nitrogens is 1. The monoisotopic (exact) mass is 277 g/mol. The van der Waals surface area contributed by atoms with E-state index in [0.717, 1.165) is 22.7 Å². The van der Waals surface area contributed by atoms with Gasteiger partial charge >= 0.3 is 0 Å². The molecule has 0 spiro atoms. The zero-order chi connectivity index (χ0) is 13.8. The molecule has 2 rings (SSSR count). The van der Waals surface area contributed by atoms with Crippen molar-refractivity contribution < 1.29 is 4.92 Å². The highest BCUT2D eigenvalue weighted by molar-refractivity contribution is 7.15. The minimum atomic E-state index is -0.388. The lowest BCUT2D eigenvalue weighted by atomic mass is 10.2. The largest absolute Gasteiger partial charge is 0.370 e. The van der Waals surface area contributed by atoms with E-state index in [2.05, 4.69) is 17.2 Å². The van der Waals surface area contributed by atoms with Crippen molar-refractivity contribution in [2.75, 3.05) is 11.9 Å². The van der Waals surface area contributed by atoms with Crippen LogP contribution >= 0.6 is 11.3 Å². The van der Waals surface area contributed by atoms with Crippen molar-refractivity contribution in [3.63, 3.8) is 0 Å². The third-order valence-electron chi connectivity index (χ3n) is 2.60. The van der Waals surface area contributed by atoms with E-state index in [1.54, 1.807) is 6.07 Å². The number of aryl methyl sites for hydroxylation is 1. The van der Waals surface area contributed by atoms with Crippen LogP contribution in [0.1, 0.15) is 18.2 Å². The minimum Gasteiger partial charge on any atom is -0.370 e. The van der Waals surface area contributed by atoms with Crippen LogP contribution < -0.4 is 5.32 Å². The van der Waals surface area contributed by atoms with Crippen LogP contribution in [0.15, 0.2) is 24.3 Å². The quantitative estimate of drug-likeness (QED) is 0.665. The average molecular weight is 277 g/mol. The number of hydrogen-bond acceptors (Lipinski definition) is 5. The fraction of sp³-hybridized carbons (Fsp3) is 0.308. The molecule has 0 saturated heterocycles. The number of pyridine rings is 1. The van der Waals surface area contributed by atoms with Gasteiger partial charge < -0.3 is 5.32 Å². The number of rotatable bonds is 5. The topological polar surface area (TPSA) is 68.1 Å². The maximum absolute atomic E-state index is 11.1. The molecule has 19 heavy (non-hydrogen) atoms. The number of nitrogens with one attached hydrogen (secondary N) is 1. The number of nitrogens with zero attached hydrogens (tertiary/aromatic N) is 2. The van der Waals surface area contributed by atoms with E-state index in [-0.39, 0.29) is 10.6 Å². The van der Waals surface area contributed by atoms with Gasteiger partial charge in [0.2, 0.25) is 0 Å². The van der Waals surface area contributed by atoms with Crippen LogP contribution in [-0.2, 0) is 0 Å². The maximum atomic E-state index is 11.1. The number of thiophene rings is 1. The summed E-state index contributed by atoms with van der Waals surface area (Å²) in [6, 6.07) is 6.98.